The Morgan fingerprint density at radius 2 is 1.95 bits per heavy atom. The molecule has 19 heavy (non-hydrogen) atoms. The first-order chi connectivity index (χ1) is 9.20. The summed E-state index contributed by atoms with van der Waals surface area (Å²) in [6, 6.07) is 7.43. The van der Waals surface area contributed by atoms with Crippen LogP contribution in [0.15, 0.2) is 29.2 Å². The molecule has 0 radical (unpaired) electrons. The van der Waals surface area contributed by atoms with Gasteiger partial charge in [0.15, 0.2) is 0 Å². The molecule has 0 aromatic heterocycles. The largest absolute Gasteiger partial charge is 0.329 e. The van der Waals surface area contributed by atoms with E-state index in [0.29, 0.717) is 6.54 Å². The molecule has 0 aliphatic carbocycles. The van der Waals surface area contributed by atoms with Crippen LogP contribution in [0.5, 0.6) is 0 Å². The van der Waals surface area contributed by atoms with Crippen LogP contribution < -0.4 is 11.1 Å². The van der Waals surface area contributed by atoms with Gasteiger partial charge in [0, 0.05) is 44.2 Å². The van der Waals surface area contributed by atoms with Gasteiger partial charge < -0.3 is 16.0 Å². The lowest BCUT2D eigenvalue weighted by molar-refractivity contribution is 0.149. The number of rotatable bonds is 3. The quantitative estimate of drug-likeness (QED) is 0.726. The van der Waals surface area contributed by atoms with Gasteiger partial charge in [0.2, 0.25) is 0 Å². The number of para-hydroxylation sites is 1. The number of piperazine rings is 1. The number of thiol groups is 1. The summed E-state index contributed by atoms with van der Waals surface area (Å²) in [4.78, 5) is 17.0. The molecule has 2 rings (SSSR count). The van der Waals surface area contributed by atoms with Gasteiger partial charge in [-0.3, -0.25) is 4.90 Å². The number of benzene rings is 1. The van der Waals surface area contributed by atoms with Crippen molar-refractivity contribution in [2.24, 2.45) is 5.73 Å². The molecule has 0 saturated carbocycles. The summed E-state index contributed by atoms with van der Waals surface area (Å²) in [7, 11) is 0. The third-order valence-electron chi connectivity index (χ3n) is 3.25. The van der Waals surface area contributed by atoms with E-state index in [1.807, 2.05) is 29.2 Å². The molecule has 2 amide bonds. The highest BCUT2D eigenvalue weighted by Crippen LogP contribution is 2.19. The van der Waals surface area contributed by atoms with Crippen LogP contribution in [-0.4, -0.2) is 55.1 Å². The second-order valence-electron chi connectivity index (χ2n) is 4.56. The molecular formula is C13H20N4OS. The number of hydrogen-bond acceptors (Lipinski definition) is 4. The van der Waals surface area contributed by atoms with Crippen LogP contribution >= 0.6 is 12.6 Å². The molecule has 5 nitrogen and oxygen atoms in total. The molecule has 1 aliphatic rings. The predicted octanol–water partition coefficient (Wildman–Crippen LogP) is 1.08. The lowest BCUT2D eigenvalue weighted by atomic mass is 10.3. The number of amides is 2. The third kappa shape index (κ3) is 3.86. The highest BCUT2D eigenvalue weighted by Gasteiger charge is 2.20. The minimum Gasteiger partial charge on any atom is -0.329 e. The van der Waals surface area contributed by atoms with Crippen LogP contribution in [0, 0.1) is 0 Å². The van der Waals surface area contributed by atoms with Crippen LogP contribution in [0.3, 0.4) is 0 Å². The Balaban J connectivity index is 1.87. The predicted molar refractivity (Wildman–Crippen MR) is 79.8 cm³/mol. The minimum atomic E-state index is -0.0612. The molecule has 3 N–H and O–H groups in total. The van der Waals surface area contributed by atoms with Crippen LogP contribution in [0.4, 0.5) is 10.5 Å². The molecule has 1 heterocycles. The summed E-state index contributed by atoms with van der Waals surface area (Å²) in [6.45, 7) is 4.80. The summed E-state index contributed by atoms with van der Waals surface area (Å²) >= 11 is 4.32. The maximum atomic E-state index is 12.1. The first kappa shape index (κ1) is 14.2. The van der Waals surface area contributed by atoms with E-state index in [1.165, 1.54) is 0 Å². The number of nitrogens with zero attached hydrogens (tertiary/aromatic N) is 2. The van der Waals surface area contributed by atoms with Crippen molar-refractivity contribution in [3.63, 3.8) is 0 Å². The molecule has 1 aromatic carbocycles. The Bertz CT molecular complexity index is 432. The third-order valence-corrected chi connectivity index (χ3v) is 3.64. The molecule has 0 spiro atoms. The number of carbonyl (C=O) groups is 1. The maximum absolute atomic E-state index is 12.1. The van der Waals surface area contributed by atoms with E-state index < -0.39 is 0 Å². The van der Waals surface area contributed by atoms with Crippen LogP contribution in [-0.2, 0) is 0 Å². The fourth-order valence-corrected chi connectivity index (χ4v) is 2.35. The van der Waals surface area contributed by atoms with Gasteiger partial charge in [0.05, 0.1) is 5.69 Å². The average molecular weight is 280 g/mol. The van der Waals surface area contributed by atoms with Crippen molar-refractivity contribution in [1.29, 1.82) is 0 Å². The lowest BCUT2D eigenvalue weighted by Gasteiger charge is -2.34. The van der Waals surface area contributed by atoms with Gasteiger partial charge in [-0.2, -0.15) is 0 Å². The molecule has 6 heteroatoms. The Hall–Kier alpha value is -1.24. The Labute approximate surface area is 119 Å². The summed E-state index contributed by atoms with van der Waals surface area (Å²) in [5.74, 6) is 0. The molecule has 0 bridgehead atoms. The number of nitrogens with one attached hydrogen (secondary N) is 1. The zero-order valence-corrected chi connectivity index (χ0v) is 11.8. The van der Waals surface area contributed by atoms with E-state index in [-0.39, 0.29) is 6.03 Å². The Morgan fingerprint density at radius 1 is 1.26 bits per heavy atom. The zero-order chi connectivity index (χ0) is 13.7. The summed E-state index contributed by atoms with van der Waals surface area (Å²) in [5.41, 5.74) is 6.28. The number of carbonyl (C=O) groups excluding carboxylic acids is 1. The topological polar surface area (TPSA) is 61.6 Å². The smallest absolute Gasteiger partial charge is 0.321 e. The van der Waals surface area contributed by atoms with Crippen LogP contribution in [0.1, 0.15) is 0 Å². The Kier molecular flexibility index (Phi) is 5.07. The van der Waals surface area contributed by atoms with Crippen molar-refractivity contribution in [3.05, 3.63) is 24.3 Å². The summed E-state index contributed by atoms with van der Waals surface area (Å²) < 4.78 is 0. The fourth-order valence-electron chi connectivity index (χ4n) is 2.13. The van der Waals surface area contributed by atoms with Crippen molar-refractivity contribution in [2.45, 2.75) is 4.90 Å². The average Bonchev–Trinajstić information content (AvgIpc) is 2.42. The van der Waals surface area contributed by atoms with Crippen LogP contribution in [0.25, 0.3) is 0 Å². The van der Waals surface area contributed by atoms with Gasteiger partial charge in [-0.05, 0) is 12.1 Å². The molecular weight excluding hydrogens is 260 g/mol. The molecule has 0 atom stereocenters. The highest BCUT2D eigenvalue weighted by molar-refractivity contribution is 7.80. The standard InChI is InChI=1S/C13H20N4OS/c14-5-6-16-7-9-17(10-8-16)13(18)15-11-3-1-2-4-12(11)19/h1-4,19H,5-10,14H2,(H,15,18). The monoisotopic (exact) mass is 280 g/mol. The molecule has 104 valence electrons. The Morgan fingerprint density at radius 3 is 2.58 bits per heavy atom. The molecule has 0 unspecified atom stereocenters. The molecule has 1 aliphatic heterocycles. The van der Waals surface area contributed by atoms with Gasteiger partial charge in [0.25, 0.3) is 0 Å². The summed E-state index contributed by atoms with van der Waals surface area (Å²) in [5, 5.41) is 2.89. The second-order valence-corrected chi connectivity index (χ2v) is 5.05. The summed E-state index contributed by atoms with van der Waals surface area (Å²) in [6.07, 6.45) is 0. The van der Waals surface area contributed by atoms with Gasteiger partial charge in [-0.25, -0.2) is 4.79 Å². The lowest BCUT2D eigenvalue weighted by Crippen LogP contribution is -2.50. The van der Waals surface area contributed by atoms with E-state index in [1.54, 1.807) is 0 Å². The number of anilines is 1. The normalized spacial score (nSPS) is 16.4. The first-order valence-electron chi connectivity index (χ1n) is 6.47. The van der Waals surface area contributed by atoms with E-state index in [0.717, 1.165) is 43.3 Å². The SMILES string of the molecule is NCCN1CCN(C(=O)Nc2ccccc2S)CC1. The fraction of sp³-hybridized carbons (Fsp3) is 0.462. The maximum Gasteiger partial charge on any atom is 0.321 e. The van der Waals surface area contributed by atoms with E-state index in [4.69, 9.17) is 5.73 Å². The van der Waals surface area contributed by atoms with Gasteiger partial charge >= 0.3 is 6.03 Å². The van der Waals surface area contributed by atoms with Crippen molar-refractivity contribution in [2.75, 3.05) is 44.6 Å². The van der Waals surface area contributed by atoms with Crippen molar-refractivity contribution < 1.29 is 4.79 Å². The number of nitrogens with two attached hydrogens (primary N) is 1. The first-order valence-corrected chi connectivity index (χ1v) is 6.92. The molecule has 1 saturated heterocycles. The zero-order valence-electron chi connectivity index (χ0n) is 10.9. The van der Waals surface area contributed by atoms with Crippen LogP contribution in [0.2, 0.25) is 0 Å². The number of urea groups is 1. The van der Waals surface area contributed by atoms with Crippen molar-refractivity contribution in [1.82, 2.24) is 9.80 Å². The van der Waals surface area contributed by atoms with E-state index in [2.05, 4.69) is 22.8 Å². The van der Waals surface area contributed by atoms with E-state index in [9.17, 15) is 4.79 Å². The highest BCUT2D eigenvalue weighted by atomic mass is 32.1. The van der Waals surface area contributed by atoms with Gasteiger partial charge in [-0.1, -0.05) is 12.1 Å². The number of hydrogen-bond donors (Lipinski definition) is 3. The van der Waals surface area contributed by atoms with Crippen molar-refractivity contribution in [3.8, 4) is 0 Å². The molecule has 1 aromatic rings. The second kappa shape index (κ2) is 6.79. The van der Waals surface area contributed by atoms with Crippen molar-refractivity contribution >= 4 is 24.3 Å². The molecule has 1 fully saturated rings. The minimum absolute atomic E-state index is 0.0612. The van der Waals surface area contributed by atoms with E-state index >= 15 is 0 Å². The van der Waals surface area contributed by atoms with Gasteiger partial charge in [-0.15, -0.1) is 12.6 Å². The van der Waals surface area contributed by atoms with Gasteiger partial charge in [0.1, 0.15) is 0 Å².